The maximum atomic E-state index is 5.71. The Morgan fingerprint density at radius 2 is 2.11 bits per heavy atom. The third-order valence-corrected chi connectivity index (χ3v) is 2.54. The summed E-state index contributed by atoms with van der Waals surface area (Å²) in [6, 6.07) is 0. The predicted molar refractivity (Wildman–Crippen MR) is 67.0 cm³/mol. The molecule has 0 bridgehead atoms. The van der Waals surface area contributed by atoms with E-state index in [0.29, 0.717) is 31.1 Å². The Balaban J connectivity index is 1.86. The monoisotopic (exact) mass is 251 g/mol. The van der Waals surface area contributed by atoms with Gasteiger partial charge in [-0.2, -0.15) is 0 Å². The van der Waals surface area contributed by atoms with Gasteiger partial charge >= 0.3 is 0 Å². The number of anilines is 1. The number of rotatable bonds is 7. The van der Waals surface area contributed by atoms with Gasteiger partial charge in [-0.05, 0) is 6.42 Å². The number of hydrogen-bond donors (Lipinski definition) is 1. The summed E-state index contributed by atoms with van der Waals surface area (Å²) in [5.41, 5.74) is 7.08. The van der Waals surface area contributed by atoms with E-state index in [4.69, 9.17) is 15.2 Å². The summed E-state index contributed by atoms with van der Waals surface area (Å²) >= 11 is 0. The molecule has 2 aromatic rings. The van der Waals surface area contributed by atoms with Crippen LogP contribution in [0.25, 0.3) is 11.2 Å². The van der Waals surface area contributed by atoms with Crippen LogP contribution in [-0.4, -0.2) is 46.4 Å². The van der Waals surface area contributed by atoms with Crippen LogP contribution in [0.5, 0.6) is 0 Å². The van der Waals surface area contributed by atoms with Crippen molar-refractivity contribution in [2.24, 2.45) is 0 Å². The first kappa shape index (κ1) is 12.7. The van der Waals surface area contributed by atoms with E-state index in [1.807, 2.05) is 4.57 Å². The van der Waals surface area contributed by atoms with Crippen LogP contribution in [0.15, 0.2) is 12.7 Å². The van der Waals surface area contributed by atoms with Crippen molar-refractivity contribution >= 4 is 17.0 Å². The first-order valence-electron chi connectivity index (χ1n) is 5.81. The van der Waals surface area contributed by atoms with E-state index in [1.165, 1.54) is 6.33 Å². The molecule has 0 aliphatic heterocycles. The molecule has 0 radical (unpaired) electrons. The standard InChI is InChI=1S/C11H17N5O2/c1-17-4-2-5-18-6-3-16-8-15-9-10(12)13-7-14-11(9)16/h7-8H,2-6H2,1H3,(H2,12,13,14). The van der Waals surface area contributed by atoms with Gasteiger partial charge in [-0.15, -0.1) is 0 Å². The Hall–Kier alpha value is -1.73. The number of nitrogens with two attached hydrogens (primary N) is 1. The Morgan fingerprint density at radius 3 is 2.94 bits per heavy atom. The highest BCUT2D eigenvalue weighted by Gasteiger charge is 2.06. The van der Waals surface area contributed by atoms with Crippen molar-refractivity contribution < 1.29 is 9.47 Å². The van der Waals surface area contributed by atoms with Gasteiger partial charge in [0.15, 0.2) is 11.5 Å². The van der Waals surface area contributed by atoms with Crippen LogP contribution >= 0.6 is 0 Å². The van der Waals surface area contributed by atoms with Crippen LogP contribution in [0, 0.1) is 0 Å². The minimum Gasteiger partial charge on any atom is -0.385 e. The van der Waals surface area contributed by atoms with Gasteiger partial charge in [0.1, 0.15) is 11.8 Å². The van der Waals surface area contributed by atoms with Gasteiger partial charge in [0.25, 0.3) is 0 Å². The van der Waals surface area contributed by atoms with Crippen LogP contribution in [0.3, 0.4) is 0 Å². The molecule has 98 valence electrons. The zero-order valence-electron chi connectivity index (χ0n) is 10.4. The van der Waals surface area contributed by atoms with Crippen LogP contribution in [-0.2, 0) is 16.0 Å². The molecule has 0 spiro atoms. The summed E-state index contributed by atoms with van der Waals surface area (Å²) in [5.74, 6) is 0.403. The zero-order valence-corrected chi connectivity index (χ0v) is 10.4. The SMILES string of the molecule is COCCCOCCn1cnc2c(N)ncnc21. The fourth-order valence-corrected chi connectivity index (χ4v) is 1.63. The van der Waals surface area contributed by atoms with Crippen LogP contribution in [0.1, 0.15) is 6.42 Å². The van der Waals surface area contributed by atoms with E-state index < -0.39 is 0 Å². The van der Waals surface area contributed by atoms with Crippen LogP contribution in [0.4, 0.5) is 5.82 Å². The smallest absolute Gasteiger partial charge is 0.165 e. The molecule has 18 heavy (non-hydrogen) atoms. The van der Waals surface area contributed by atoms with Crippen molar-refractivity contribution in [1.82, 2.24) is 19.5 Å². The topological polar surface area (TPSA) is 88.1 Å². The molecule has 2 N–H and O–H groups in total. The summed E-state index contributed by atoms with van der Waals surface area (Å²) < 4.78 is 12.3. The summed E-state index contributed by atoms with van der Waals surface area (Å²) in [6.07, 6.45) is 4.04. The summed E-state index contributed by atoms with van der Waals surface area (Å²) in [5, 5.41) is 0. The Labute approximate surface area is 105 Å². The molecule has 0 fully saturated rings. The number of nitrogens with zero attached hydrogens (tertiary/aromatic N) is 4. The Bertz CT molecular complexity index is 499. The van der Waals surface area contributed by atoms with Gasteiger partial charge in [-0.1, -0.05) is 0 Å². The summed E-state index contributed by atoms with van der Waals surface area (Å²) in [4.78, 5) is 12.2. The third-order valence-electron chi connectivity index (χ3n) is 2.54. The first-order chi connectivity index (χ1) is 8.83. The molecule has 0 aliphatic carbocycles. The molecule has 0 saturated heterocycles. The fraction of sp³-hybridized carbons (Fsp3) is 0.545. The lowest BCUT2D eigenvalue weighted by atomic mass is 10.5. The number of fused-ring (bicyclic) bond motifs is 1. The molecule has 7 heteroatoms. The van der Waals surface area contributed by atoms with Gasteiger partial charge in [0, 0.05) is 26.9 Å². The average molecular weight is 251 g/mol. The molecule has 2 aromatic heterocycles. The van der Waals surface area contributed by atoms with Crippen LogP contribution in [0.2, 0.25) is 0 Å². The van der Waals surface area contributed by atoms with E-state index in [2.05, 4.69) is 15.0 Å². The highest BCUT2D eigenvalue weighted by atomic mass is 16.5. The second-order valence-electron chi connectivity index (χ2n) is 3.83. The molecule has 0 atom stereocenters. The van der Waals surface area contributed by atoms with Gasteiger partial charge in [-0.3, -0.25) is 0 Å². The normalized spacial score (nSPS) is 11.2. The second-order valence-corrected chi connectivity index (χ2v) is 3.83. The molecule has 0 saturated carbocycles. The molecule has 0 amide bonds. The number of methoxy groups -OCH3 is 1. The zero-order chi connectivity index (χ0) is 12.8. The van der Waals surface area contributed by atoms with Crippen molar-refractivity contribution in [1.29, 1.82) is 0 Å². The second kappa shape index (κ2) is 6.27. The molecule has 2 rings (SSSR count). The van der Waals surface area contributed by atoms with E-state index >= 15 is 0 Å². The highest BCUT2D eigenvalue weighted by molar-refractivity contribution is 5.80. The minimum absolute atomic E-state index is 0.403. The Morgan fingerprint density at radius 1 is 1.22 bits per heavy atom. The lowest BCUT2D eigenvalue weighted by molar-refractivity contribution is 0.0981. The van der Waals surface area contributed by atoms with Gasteiger partial charge < -0.3 is 19.8 Å². The molecule has 0 aliphatic rings. The molecular weight excluding hydrogens is 234 g/mol. The number of hydrogen-bond acceptors (Lipinski definition) is 6. The van der Waals surface area contributed by atoms with Crippen molar-refractivity contribution in [2.45, 2.75) is 13.0 Å². The van der Waals surface area contributed by atoms with Crippen LogP contribution < -0.4 is 5.73 Å². The summed E-state index contributed by atoms with van der Waals surface area (Å²) in [6.45, 7) is 2.72. The molecule has 0 aromatic carbocycles. The highest BCUT2D eigenvalue weighted by Crippen LogP contribution is 2.13. The van der Waals surface area contributed by atoms with Crippen molar-refractivity contribution in [3.05, 3.63) is 12.7 Å². The van der Waals surface area contributed by atoms with E-state index in [9.17, 15) is 0 Å². The molecule has 2 heterocycles. The van der Waals surface area contributed by atoms with Crippen molar-refractivity contribution in [3.63, 3.8) is 0 Å². The molecule has 7 nitrogen and oxygen atoms in total. The molecule has 0 unspecified atom stereocenters. The quantitative estimate of drug-likeness (QED) is 0.719. The summed E-state index contributed by atoms with van der Waals surface area (Å²) in [7, 11) is 1.68. The number of ether oxygens (including phenoxy) is 2. The Kier molecular flexibility index (Phi) is 4.43. The lowest BCUT2D eigenvalue weighted by Gasteiger charge is -2.05. The lowest BCUT2D eigenvalue weighted by Crippen LogP contribution is -2.07. The predicted octanol–water partition coefficient (Wildman–Crippen LogP) is 0.462. The number of aromatic nitrogens is 4. The van der Waals surface area contributed by atoms with E-state index in [-0.39, 0.29) is 0 Å². The van der Waals surface area contributed by atoms with Crippen molar-refractivity contribution in [2.75, 3.05) is 32.7 Å². The minimum atomic E-state index is 0.403. The van der Waals surface area contributed by atoms with Gasteiger partial charge in [0.05, 0.1) is 12.9 Å². The third kappa shape index (κ3) is 2.93. The first-order valence-corrected chi connectivity index (χ1v) is 5.81. The fourth-order valence-electron chi connectivity index (χ4n) is 1.63. The number of imidazole rings is 1. The van der Waals surface area contributed by atoms with E-state index in [0.717, 1.165) is 18.7 Å². The average Bonchev–Trinajstić information content (AvgIpc) is 2.79. The van der Waals surface area contributed by atoms with E-state index in [1.54, 1.807) is 13.4 Å². The van der Waals surface area contributed by atoms with Crippen molar-refractivity contribution in [3.8, 4) is 0 Å². The maximum Gasteiger partial charge on any atom is 0.165 e. The van der Waals surface area contributed by atoms with Gasteiger partial charge in [0.2, 0.25) is 0 Å². The van der Waals surface area contributed by atoms with Gasteiger partial charge in [-0.25, -0.2) is 15.0 Å². The molecular formula is C11H17N5O2. The number of nitrogen functional groups attached to an aromatic ring is 1. The maximum absolute atomic E-state index is 5.71. The largest absolute Gasteiger partial charge is 0.385 e.